The number of nitrogens with one attached hydrogen (secondary N) is 1. The molecule has 0 saturated carbocycles. The Kier molecular flexibility index (Phi) is 6.67. The molecular formula is C18H22ClN3O2S. The van der Waals surface area contributed by atoms with E-state index in [1.807, 2.05) is 13.8 Å². The van der Waals surface area contributed by atoms with Crippen molar-refractivity contribution in [3.8, 4) is 0 Å². The molecule has 7 heteroatoms. The van der Waals surface area contributed by atoms with Crippen LogP contribution in [0.2, 0.25) is 5.02 Å². The second-order valence-corrected chi connectivity index (χ2v) is 7.90. The Balaban J connectivity index is 2.38. The van der Waals surface area contributed by atoms with Gasteiger partial charge in [-0.05, 0) is 31.0 Å². The van der Waals surface area contributed by atoms with Crippen molar-refractivity contribution in [2.45, 2.75) is 37.7 Å². The number of amides is 1. The Morgan fingerprint density at radius 3 is 2.80 bits per heavy atom. The Morgan fingerprint density at radius 1 is 1.44 bits per heavy atom. The summed E-state index contributed by atoms with van der Waals surface area (Å²) >= 11 is 7.27. The van der Waals surface area contributed by atoms with Crippen LogP contribution < -0.4 is 10.9 Å². The lowest BCUT2D eigenvalue weighted by atomic mass is 10.2. The summed E-state index contributed by atoms with van der Waals surface area (Å²) in [6.07, 6.45) is 1.64. The van der Waals surface area contributed by atoms with Crippen LogP contribution >= 0.6 is 23.4 Å². The molecule has 2 aromatic rings. The average molecular weight is 380 g/mol. The number of rotatable bonds is 7. The van der Waals surface area contributed by atoms with E-state index in [4.69, 9.17) is 11.6 Å². The van der Waals surface area contributed by atoms with E-state index in [-0.39, 0.29) is 16.7 Å². The van der Waals surface area contributed by atoms with Crippen LogP contribution in [-0.2, 0) is 11.3 Å². The van der Waals surface area contributed by atoms with Gasteiger partial charge in [-0.1, -0.05) is 43.3 Å². The van der Waals surface area contributed by atoms with Crippen LogP contribution in [0.4, 0.5) is 0 Å². The van der Waals surface area contributed by atoms with E-state index in [0.717, 1.165) is 0 Å². The van der Waals surface area contributed by atoms with E-state index in [9.17, 15) is 9.59 Å². The van der Waals surface area contributed by atoms with E-state index in [2.05, 4.69) is 16.9 Å². The number of benzene rings is 1. The Morgan fingerprint density at radius 2 is 2.16 bits per heavy atom. The van der Waals surface area contributed by atoms with Gasteiger partial charge in [-0.3, -0.25) is 14.2 Å². The molecule has 0 radical (unpaired) electrons. The summed E-state index contributed by atoms with van der Waals surface area (Å²) in [5.74, 6) is 0.297. The van der Waals surface area contributed by atoms with Crippen molar-refractivity contribution in [1.82, 2.24) is 14.9 Å². The highest BCUT2D eigenvalue weighted by Gasteiger charge is 2.19. The number of halogens is 1. The van der Waals surface area contributed by atoms with Crippen LogP contribution in [0, 0.1) is 5.92 Å². The molecule has 0 aliphatic carbocycles. The first kappa shape index (κ1) is 19.5. The Hall–Kier alpha value is -1.79. The Labute approximate surface area is 156 Å². The van der Waals surface area contributed by atoms with Crippen molar-refractivity contribution in [3.63, 3.8) is 0 Å². The molecule has 1 unspecified atom stereocenters. The second kappa shape index (κ2) is 8.54. The number of allylic oxidation sites excluding steroid dienone is 1. The van der Waals surface area contributed by atoms with Gasteiger partial charge in [0.2, 0.25) is 5.91 Å². The monoisotopic (exact) mass is 379 g/mol. The van der Waals surface area contributed by atoms with Gasteiger partial charge in [0.15, 0.2) is 5.16 Å². The molecule has 0 aliphatic rings. The minimum atomic E-state index is -0.377. The smallest absolute Gasteiger partial charge is 0.262 e. The SMILES string of the molecule is C=CCn1c(SC(C)C(=O)NCC(C)C)nc2cc(Cl)ccc2c1=O. The molecule has 5 nitrogen and oxygen atoms in total. The first-order valence-corrected chi connectivity index (χ1v) is 9.34. The standard InChI is InChI=1S/C18H22ClN3O2S/c1-5-8-22-17(24)14-7-6-13(19)9-15(14)21-18(22)25-12(4)16(23)20-10-11(2)3/h5-7,9,11-12H,1,8,10H2,2-4H3,(H,20,23). The third kappa shape index (κ3) is 4.86. The van der Waals surface area contributed by atoms with Gasteiger partial charge in [-0.2, -0.15) is 0 Å². The molecular weight excluding hydrogens is 358 g/mol. The molecule has 1 N–H and O–H groups in total. The van der Waals surface area contributed by atoms with Crippen molar-refractivity contribution in [3.05, 3.63) is 46.2 Å². The molecule has 1 heterocycles. The number of thioether (sulfide) groups is 1. The second-order valence-electron chi connectivity index (χ2n) is 6.16. The molecule has 25 heavy (non-hydrogen) atoms. The van der Waals surface area contributed by atoms with Crippen molar-refractivity contribution in [1.29, 1.82) is 0 Å². The van der Waals surface area contributed by atoms with Gasteiger partial charge in [0.25, 0.3) is 5.56 Å². The van der Waals surface area contributed by atoms with Gasteiger partial charge in [-0.15, -0.1) is 6.58 Å². The number of fused-ring (bicyclic) bond motifs is 1. The fourth-order valence-electron chi connectivity index (χ4n) is 2.21. The summed E-state index contributed by atoms with van der Waals surface area (Å²) in [5, 5.41) is 4.01. The van der Waals surface area contributed by atoms with E-state index in [1.165, 1.54) is 16.3 Å². The summed E-state index contributed by atoms with van der Waals surface area (Å²) in [6, 6.07) is 4.99. The maximum absolute atomic E-state index is 12.7. The van der Waals surface area contributed by atoms with Crippen molar-refractivity contribution in [2.75, 3.05) is 6.54 Å². The lowest BCUT2D eigenvalue weighted by Gasteiger charge is -2.16. The molecule has 1 amide bonds. The van der Waals surface area contributed by atoms with Gasteiger partial charge >= 0.3 is 0 Å². The molecule has 0 aliphatic heterocycles. The van der Waals surface area contributed by atoms with Gasteiger partial charge in [0.1, 0.15) is 0 Å². The van der Waals surface area contributed by atoms with Crippen LogP contribution in [0.1, 0.15) is 20.8 Å². The van der Waals surface area contributed by atoms with E-state index in [1.54, 1.807) is 31.2 Å². The summed E-state index contributed by atoms with van der Waals surface area (Å²) in [4.78, 5) is 29.5. The molecule has 0 bridgehead atoms. The van der Waals surface area contributed by atoms with Gasteiger partial charge < -0.3 is 5.32 Å². The summed E-state index contributed by atoms with van der Waals surface area (Å²) < 4.78 is 1.53. The maximum Gasteiger partial charge on any atom is 0.262 e. The molecule has 0 fully saturated rings. The molecule has 0 spiro atoms. The highest BCUT2D eigenvalue weighted by atomic mass is 35.5. The van der Waals surface area contributed by atoms with Crippen LogP contribution in [0.15, 0.2) is 40.8 Å². The third-order valence-corrected chi connectivity index (χ3v) is 4.86. The van der Waals surface area contributed by atoms with Gasteiger partial charge in [-0.25, -0.2) is 4.98 Å². The van der Waals surface area contributed by atoms with Gasteiger partial charge in [0, 0.05) is 18.1 Å². The van der Waals surface area contributed by atoms with Crippen LogP contribution in [0.3, 0.4) is 0 Å². The predicted molar refractivity (Wildman–Crippen MR) is 104 cm³/mol. The van der Waals surface area contributed by atoms with Crippen molar-refractivity contribution >= 4 is 40.2 Å². The summed E-state index contributed by atoms with van der Waals surface area (Å²) in [6.45, 7) is 10.5. The largest absolute Gasteiger partial charge is 0.355 e. The number of nitrogens with zero attached hydrogens (tertiary/aromatic N) is 2. The van der Waals surface area contributed by atoms with Crippen molar-refractivity contribution in [2.24, 2.45) is 5.92 Å². The number of hydrogen-bond donors (Lipinski definition) is 1. The fourth-order valence-corrected chi connectivity index (χ4v) is 3.32. The van der Waals surface area contributed by atoms with Gasteiger partial charge in [0.05, 0.1) is 16.2 Å². The molecule has 134 valence electrons. The topological polar surface area (TPSA) is 64.0 Å². The number of carbonyl (C=O) groups is 1. The van der Waals surface area contributed by atoms with Crippen molar-refractivity contribution < 1.29 is 4.79 Å². The molecule has 2 rings (SSSR count). The normalized spacial score (nSPS) is 12.4. The third-order valence-electron chi connectivity index (χ3n) is 3.53. The Bertz CT molecular complexity index is 848. The molecule has 1 atom stereocenters. The lowest BCUT2D eigenvalue weighted by Crippen LogP contribution is -2.34. The van der Waals surface area contributed by atoms with E-state index in [0.29, 0.717) is 40.1 Å². The lowest BCUT2D eigenvalue weighted by molar-refractivity contribution is -0.120. The first-order valence-electron chi connectivity index (χ1n) is 8.08. The number of hydrogen-bond acceptors (Lipinski definition) is 4. The number of aromatic nitrogens is 2. The maximum atomic E-state index is 12.7. The minimum absolute atomic E-state index is 0.0794. The zero-order chi connectivity index (χ0) is 18.6. The van der Waals surface area contributed by atoms with Crippen LogP contribution in [0.5, 0.6) is 0 Å². The van der Waals surface area contributed by atoms with E-state index < -0.39 is 0 Å². The molecule has 1 aromatic heterocycles. The number of carbonyl (C=O) groups excluding carboxylic acids is 1. The fraction of sp³-hybridized carbons (Fsp3) is 0.389. The molecule has 0 saturated heterocycles. The average Bonchev–Trinajstić information content (AvgIpc) is 2.55. The zero-order valence-electron chi connectivity index (χ0n) is 14.6. The summed E-state index contributed by atoms with van der Waals surface area (Å²) in [5.41, 5.74) is 0.356. The first-order chi connectivity index (χ1) is 11.8. The van der Waals surface area contributed by atoms with Crippen LogP contribution in [0.25, 0.3) is 10.9 Å². The van der Waals surface area contributed by atoms with Crippen LogP contribution in [-0.4, -0.2) is 27.3 Å². The quantitative estimate of drug-likeness (QED) is 0.454. The highest BCUT2D eigenvalue weighted by molar-refractivity contribution is 8.00. The molecule has 1 aromatic carbocycles. The zero-order valence-corrected chi connectivity index (χ0v) is 16.2. The summed E-state index contributed by atoms with van der Waals surface area (Å²) in [7, 11) is 0. The highest BCUT2D eigenvalue weighted by Crippen LogP contribution is 2.24. The minimum Gasteiger partial charge on any atom is -0.355 e. The van der Waals surface area contributed by atoms with E-state index >= 15 is 0 Å². The predicted octanol–water partition coefficient (Wildman–Crippen LogP) is 3.49.